The van der Waals surface area contributed by atoms with Gasteiger partial charge >= 0.3 is 11.7 Å². The Morgan fingerprint density at radius 3 is 2.80 bits per heavy atom. The minimum atomic E-state index is -0.897. The standard InChI is InChI=1S/C16H21BrN2O6/c1-16(2,3)14(22)24-8-11-10(20)6-12(25-11)19-7-9(4-5-17)13(21)18-15(19)23/h4-5,7,10-12,20H,6,8H2,1-3H3,(H,18,21,23)/b5-4-/t10-,11+,12+/m1/s1. The third-order valence-electron chi connectivity index (χ3n) is 3.74. The van der Waals surface area contributed by atoms with Crippen LogP contribution in [0.3, 0.4) is 0 Å². The van der Waals surface area contributed by atoms with Crippen molar-refractivity contribution in [3.05, 3.63) is 37.6 Å². The molecule has 0 aliphatic carbocycles. The Bertz CT molecular complexity index is 776. The number of aromatic amines is 1. The van der Waals surface area contributed by atoms with Gasteiger partial charge in [0.05, 0.1) is 17.1 Å². The molecule has 1 aliphatic heterocycles. The lowest BCUT2D eigenvalue weighted by molar-refractivity contribution is -0.159. The van der Waals surface area contributed by atoms with E-state index in [2.05, 4.69) is 20.9 Å². The molecule has 0 saturated carbocycles. The molecule has 0 amide bonds. The Labute approximate surface area is 152 Å². The highest BCUT2D eigenvalue weighted by atomic mass is 79.9. The molecule has 0 spiro atoms. The molecule has 1 saturated heterocycles. The summed E-state index contributed by atoms with van der Waals surface area (Å²) < 4.78 is 12.0. The fourth-order valence-corrected chi connectivity index (χ4v) is 2.60. The van der Waals surface area contributed by atoms with E-state index in [1.54, 1.807) is 20.8 Å². The number of hydrogen-bond donors (Lipinski definition) is 2. The third kappa shape index (κ3) is 4.68. The Kier molecular flexibility index (Phi) is 6.02. The number of H-pyrrole nitrogens is 1. The van der Waals surface area contributed by atoms with Gasteiger partial charge in [-0.05, 0) is 31.8 Å². The van der Waals surface area contributed by atoms with Crippen LogP contribution in [0.15, 0.2) is 20.8 Å². The van der Waals surface area contributed by atoms with Gasteiger partial charge in [0, 0.05) is 12.6 Å². The van der Waals surface area contributed by atoms with Crippen LogP contribution < -0.4 is 11.2 Å². The summed E-state index contributed by atoms with van der Waals surface area (Å²) in [5.74, 6) is -0.405. The summed E-state index contributed by atoms with van der Waals surface area (Å²) in [6.45, 7) is 5.06. The van der Waals surface area contributed by atoms with Crippen molar-refractivity contribution < 1.29 is 19.4 Å². The quantitative estimate of drug-likeness (QED) is 0.711. The maximum absolute atomic E-state index is 12.0. The number of aliphatic hydroxyl groups is 1. The number of carbonyl (C=O) groups is 1. The van der Waals surface area contributed by atoms with Crippen molar-refractivity contribution in [2.75, 3.05) is 6.61 Å². The number of rotatable bonds is 4. The number of esters is 1. The van der Waals surface area contributed by atoms with Gasteiger partial charge in [-0.1, -0.05) is 15.9 Å². The van der Waals surface area contributed by atoms with Gasteiger partial charge in [-0.25, -0.2) is 4.79 Å². The van der Waals surface area contributed by atoms with Crippen LogP contribution in [0, 0.1) is 5.41 Å². The summed E-state index contributed by atoms with van der Waals surface area (Å²) in [6, 6.07) is 0. The van der Waals surface area contributed by atoms with E-state index in [4.69, 9.17) is 9.47 Å². The summed E-state index contributed by atoms with van der Waals surface area (Å²) in [5, 5.41) is 10.1. The predicted octanol–water partition coefficient (Wildman–Crippen LogP) is 1.14. The molecule has 0 aromatic carbocycles. The summed E-state index contributed by atoms with van der Waals surface area (Å²) in [4.78, 5) is 39.2. The van der Waals surface area contributed by atoms with E-state index in [0.29, 0.717) is 0 Å². The largest absolute Gasteiger partial charge is 0.462 e. The molecule has 3 atom stereocenters. The molecule has 25 heavy (non-hydrogen) atoms. The topological polar surface area (TPSA) is 111 Å². The van der Waals surface area contributed by atoms with Crippen molar-refractivity contribution in [2.45, 2.75) is 45.6 Å². The SMILES string of the molecule is CC(C)(C)C(=O)OC[C@@H]1O[C@H](n2cc(/C=C\Br)c(=O)[nH]c2=O)C[C@H]1O. The van der Waals surface area contributed by atoms with Gasteiger partial charge in [-0.15, -0.1) is 0 Å². The van der Waals surface area contributed by atoms with Gasteiger partial charge in [0.1, 0.15) is 18.9 Å². The summed E-state index contributed by atoms with van der Waals surface area (Å²) in [6.07, 6.45) is 0.584. The number of aliphatic hydroxyl groups excluding tert-OH is 1. The average molecular weight is 417 g/mol. The van der Waals surface area contributed by atoms with Crippen molar-refractivity contribution in [1.29, 1.82) is 0 Å². The summed E-state index contributed by atoms with van der Waals surface area (Å²) in [7, 11) is 0. The van der Waals surface area contributed by atoms with Crippen molar-refractivity contribution >= 4 is 28.0 Å². The normalized spacial score (nSPS) is 24.0. The van der Waals surface area contributed by atoms with Gasteiger partial charge in [0.25, 0.3) is 5.56 Å². The second kappa shape index (κ2) is 7.67. The predicted molar refractivity (Wildman–Crippen MR) is 94.2 cm³/mol. The first kappa shape index (κ1) is 19.6. The van der Waals surface area contributed by atoms with E-state index in [-0.39, 0.29) is 18.6 Å². The lowest BCUT2D eigenvalue weighted by Crippen LogP contribution is -2.34. The van der Waals surface area contributed by atoms with Gasteiger partial charge in [-0.2, -0.15) is 0 Å². The third-order valence-corrected chi connectivity index (χ3v) is 4.01. The number of halogens is 1. The fourth-order valence-electron chi connectivity index (χ4n) is 2.31. The van der Waals surface area contributed by atoms with Crippen molar-refractivity contribution in [2.24, 2.45) is 5.41 Å². The molecule has 8 nitrogen and oxygen atoms in total. The highest BCUT2D eigenvalue weighted by molar-refractivity contribution is 9.11. The number of carbonyl (C=O) groups excluding carboxylic acids is 1. The van der Waals surface area contributed by atoms with Gasteiger partial charge in [0.15, 0.2) is 0 Å². The Morgan fingerprint density at radius 2 is 2.20 bits per heavy atom. The van der Waals surface area contributed by atoms with Crippen molar-refractivity contribution in [1.82, 2.24) is 9.55 Å². The van der Waals surface area contributed by atoms with Gasteiger partial charge in [0.2, 0.25) is 0 Å². The van der Waals surface area contributed by atoms with E-state index >= 15 is 0 Å². The molecule has 0 bridgehead atoms. The molecule has 138 valence electrons. The van der Waals surface area contributed by atoms with E-state index in [9.17, 15) is 19.5 Å². The Morgan fingerprint density at radius 1 is 1.52 bits per heavy atom. The molecule has 2 heterocycles. The molecule has 0 radical (unpaired) electrons. The number of nitrogens with zero attached hydrogens (tertiary/aromatic N) is 1. The van der Waals surface area contributed by atoms with Crippen LogP contribution in [-0.4, -0.2) is 39.4 Å². The van der Waals surface area contributed by atoms with E-state index in [1.807, 2.05) is 0 Å². The molecule has 1 aromatic heterocycles. The zero-order valence-electron chi connectivity index (χ0n) is 14.2. The smallest absolute Gasteiger partial charge is 0.330 e. The molecule has 1 aromatic rings. The number of aromatic nitrogens is 2. The van der Waals surface area contributed by atoms with Gasteiger partial charge in [-0.3, -0.25) is 19.1 Å². The molecular formula is C16H21BrN2O6. The number of hydrogen-bond acceptors (Lipinski definition) is 6. The molecule has 1 fully saturated rings. The van der Waals surface area contributed by atoms with Crippen molar-refractivity contribution in [3.8, 4) is 0 Å². The lowest BCUT2D eigenvalue weighted by Gasteiger charge is -2.20. The van der Waals surface area contributed by atoms with Crippen LogP contribution in [0.5, 0.6) is 0 Å². The van der Waals surface area contributed by atoms with E-state index in [1.165, 1.54) is 21.8 Å². The van der Waals surface area contributed by atoms with Crippen LogP contribution in [0.4, 0.5) is 0 Å². The van der Waals surface area contributed by atoms with Crippen LogP contribution in [0.1, 0.15) is 39.0 Å². The maximum Gasteiger partial charge on any atom is 0.330 e. The van der Waals surface area contributed by atoms with Crippen LogP contribution in [0.2, 0.25) is 0 Å². The monoisotopic (exact) mass is 416 g/mol. The van der Waals surface area contributed by atoms with E-state index < -0.39 is 41.1 Å². The minimum absolute atomic E-state index is 0.111. The molecule has 0 unspecified atom stereocenters. The highest BCUT2D eigenvalue weighted by Gasteiger charge is 2.37. The maximum atomic E-state index is 12.0. The molecule has 1 aliphatic rings. The molecular weight excluding hydrogens is 396 g/mol. The molecule has 9 heteroatoms. The first-order chi connectivity index (χ1) is 11.6. The second-order valence-electron chi connectivity index (χ2n) is 6.82. The zero-order valence-corrected chi connectivity index (χ0v) is 15.8. The zero-order chi connectivity index (χ0) is 18.8. The van der Waals surface area contributed by atoms with Gasteiger partial charge < -0.3 is 14.6 Å². The molecule has 2 N–H and O–H groups in total. The molecule has 2 rings (SSSR count). The Hall–Kier alpha value is -1.71. The average Bonchev–Trinajstić information content (AvgIpc) is 2.87. The minimum Gasteiger partial charge on any atom is -0.462 e. The van der Waals surface area contributed by atoms with Crippen molar-refractivity contribution in [3.63, 3.8) is 0 Å². The Balaban J connectivity index is 2.13. The first-order valence-corrected chi connectivity index (χ1v) is 8.68. The van der Waals surface area contributed by atoms with Crippen LogP contribution >= 0.6 is 15.9 Å². The van der Waals surface area contributed by atoms with Crippen LogP contribution in [-0.2, 0) is 14.3 Å². The second-order valence-corrected chi connectivity index (χ2v) is 7.35. The fraction of sp³-hybridized carbons (Fsp3) is 0.562. The van der Waals surface area contributed by atoms with Crippen LogP contribution in [0.25, 0.3) is 6.08 Å². The highest BCUT2D eigenvalue weighted by Crippen LogP contribution is 2.28. The number of ether oxygens (including phenoxy) is 2. The number of nitrogens with one attached hydrogen (secondary N) is 1. The summed E-state index contributed by atoms with van der Waals surface area (Å²) in [5.41, 5.74) is -1.56. The lowest BCUT2D eigenvalue weighted by atomic mass is 9.97. The first-order valence-electron chi connectivity index (χ1n) is 7.76. The van der Waals surface area contributed by atoms with E-state index in [0.717, 1.165) is 0 Å². The summed E-state index contributed by atoms with van der Waals surface area (Å²) >= 11 is 3.08.